The molecule has 14 heavy (non-hydrogen) atoms. The van der Waals surface area contributed by atoms with Crippen LogP contribution in [0.25, 0.3) is 0 Å². The van der Waals surface area contributed by atoms with Crippen LogP contribution in [-0.4, -0.2) is 16.9 Å². The summed E-state index contributed by atoms with van der Waals surface area (Å²) in [6.07, 6.45) is 0. The molecule has 0 saturated heterocycles. The Kier molecular flexibility index (Phi) is 2.07. The van der Waals surface area contributed by atoms with Crippen LogP contribution < -0.4 is 5.32 Å². The number of thiocarbonyl (C=S) groups is 1. The molecule has 0 aromatic carbocycles. The van der Waals surface area contributed by atoms with Gasteiger partial charge in [0, 0.05) is 0 Å². The van der Waals surface area contributed by atoms with Crippen molar-refractivity contribution in [1.82, 2.24) is 5.32 Å². The third-order valence-electron chi connectivity index (χ3n) is 3.30. The number of allylic oxidation sites excluding steroid dienone is 2. The summed E-state index contributed by atoms with van der Waals surface area (Å²) < 4.78 is 0. The van der Waals surface area contributed by atoms with Crippen molar-refractivity contribution >= 4 is 23.0 Å². The number of hydrogen-bond donors (Lipinski definition) is 1. The third kappa shape index (κ3) is 1.16. The lowest BCUT2D eigenvalue weighted by molar-refractivity contribution is 0.874. The molecule has 2 aliphatic rings. The molecule has 0 bridgehead atoms. The van der Waals surface area contributed by atoms with Gasteiger partial charge in [-0.1, -0.05) is 0 Å². The van der Waals surface area contributed by atoms with E-state index in [1.165, 1.54) is 22.3 Å². The van der Waals surface area contributed by atoms with E-state index in [1.54, 1.807) is 0 Å². The van der Waals surface area contributed by atoms with E-state index in [4.69, 9.17) is 12.2 Å². The average molecular weight is 206 g/mol. The molecule has 0 amide bonds. The van der Waals surface area contributed by atoms with Crippen molar-refractivity contribution in [3.8, 4) is 0 Å². The van der Waals surface area contributed by atoms with Gasteiger partial charge in [-0.25, -0.2) is 4.99 Å². The van der Waals surface area contributed by atoms with Crippen molar-refractivity contribution in [2.24, 2.45) is 4.99 Å². The first-order chi connectivity index (χ1) is 6.52. The normalized spacial score (nSPS) is 26.4. The average Bonchev–Trinajstić information content (AvgIpc) is 2.54. The maximum absolute atomic E-state index is 5.07. The smallest absolute Gasteiger partial charge is 0.193 e. The van der Waals surface area contributed by atoms with Crippen LogP contribution in [0.1, 0.15) is 27.7 Å². The highest BCUT2D eigenvalue weighted by atomic mass is 32.1. The monoisotopic (exact) mass is 206 g/mol. The van der Waals surface area contributed by atoms with Crippen LogP contribution >= 0.6 is 12.2 Å². The summed E-state index contributed by atoms with van der Waals surface area (Å²) in [5.74, 6) is 0. The molecule has 1 N–H and O–H groups in total. The van der Waals surface area contributed by atoms with Gasteiger partial charge in [0.25, 0.3) is 0 Å². The summed E-state index contributed by atoms with van der Waals surface area (Å²) in [7, 11) is 0. The summed E-state index contributed by atoms with van der Waals surface area (Å²) in [4.78, 5) is 4.37. The van der Waals surface area contributed by atoms with Gasteiger partial charge < -0.3 is 5.32 Å². The number of rotatable bonds is 0. The summed E-state index contributed by atoms with van der Waals surface area (Å²) in [5, 5.41) is 3.84. The molecule has 0 radical (unpaired) electrons. The van der Waals surface area contributed by atoms with Gasteiger partial charge in [-0.2, -0.15) is 0 Å². The second-order valence-corrected chi connectivity index (χ2v) is 4.32. The Hall–Kier alpha value is -0.960. The molecule has 1 unspecified atom stereocenters. The molecule has 1 aliphatic carbocycles. The quantitative estimate of drug-likeness (QED) is 0.615. The lowest BCUT2D eigenvalue weighted by Gasteiger charge is -2.25. The molecular formula is C11H14N2S. The second kappa shape index (κ2) is 3.02. The first-order valence-corrected chi connectivity index (χ1v) is 5.18. The van der Waals surface area contributed by atoms with Crippen molar-refractivity contribution < 1.29 is 0 Å². The van der Waals surface area contributed by atoms with Crippen molar-refractivity contribution in [2.75, 3.05) is 0 Å². The molecule has 74 valence electrons. The maximum atomic E-state index is 5.07. The molecule has 1 aliphatic heterocycles. The largest absolute Gasteiger partial charge is 0.349 e. The van der Waals surface area contributed by atoms with Gasteiger partial charge in [-0.15, -0.1) is 0 Å². The summed E-state index contributed by atoms with van der Waals surface area (Å²) in [6, 6.07) is 0.228. The van der Waals surface area contributed by atoms with Gasteiger partial charge in [-0.05, 0) is 62.2 Å². The lowest BCUT2D eigenvalue weighted by Crippen LogP contribution is -2.36. The van der Waals surface area contributed by atoms with Crippen molar-refractivity contribution in [1.29, 1.82) is 0 Å². The molecule has 1 atom stereocenters. The van der Waals surface area contributed by atoms with Gasteiger partial charge in [0.15, 0.2) is 5.11 Å². The van der Waals surface area contributed by atoms with E-state index in [2.05, 4.69) is 38.0 Å². The van der Waals surface area contributed by atoms with Gasteiger partial charge in [0.2, 0.25) is 0 Å². The molecule has 0 aromatic heterocycles. The van der Waals surface area contributed by atoms with Crippen LogP contribution in [0.3, 0.4) is 0 Å². The minimum Gasteiger partial charge on any atom is -0.349 e. The molecule has 1 heterocycles. The van der Waals surface area contributed by atoms with E-state index in [-0.39, 0.29) is 6.04 Å². The predicted octanol–water partition coefficient (Wildman–Crippen LogP) is 2.37. The van der Waals surface area contributed by atoms with Gasteiger partial charge in [-0.3, -0.25) is 0 Å². The van der Waals surface area contributed by atoms with Crippen LogP contribution in [0, 0.1) is 0 Å². The summed E-state index contributed by atoms with van der Waals surface area (Å²) in [6.45, 7) is 8.57. The van der Waals surface area contributed by atoms with Crippen molar-refractivity contribution in [2.45, 2.75) is 33.7 Å². The van der Waals surface area contributed by atoms with Crippen molar-refractivity contribution in [3.63, 3.8) is 0 Å². The zero-order chi connectivity index (χ0) is 10.5. The topological polar surface area (TPSA) is 24.4 Å². The van der Waals surface area contributed by atoms with Crippen LogP contribution in [-0.2, 0) is 0 Å². The highest BCUT2D eigenvalue weighted by Gasteiger charge is 2.31. The molecule has 0 spiro atoms. The molecular weight excluding hydrogens is 192 g/mol. The first-order valence-electron chi connectivity index (χ1n) is 4.77. The lowest BCUT2D eigenvalue weighted by atomic mass is 9.84. The van der Waals surface area contributed by atoms with Crippen LogP contribution in [0.15, 0.2) is 27.3 Å². The third-order valence-corrected chi connectivity index (χ3v) is 3.51. The first kappa shape index (κ1) is 9.59. The van der Waals surface area contributed by atoms with Crippen molar-refractivity contribution in [3.05, 3.63) is 22.3 Å². The number of fused-ring (bicyclic) bond motifs is 1. The minimum absolute atomic E-state index is 0.228. The van der Waals surface area contributed by atoms with E-state index in [0.717, 1.165) is 5.71 Å². The Morgan fingerprint density at radius 2 is 1.71 bits per heavy atom. The van der Waals surface area contributed by atoms with E-state index >= 15 is 0 Å². The predicted molar refractivity (Wildman–Crippen MR) is 63.7 cm³/mol. The molecule has 2 nitrogen and oxygen atoms in total. The van der Waals surface area contributed by atoms with Crippen LogP contribution in [0.2, 0.25) is 0 Å². The highest BCUT2D eigenvalue weighted by Crippen LogP contribution is 2.30. The van der Waals surface area contributed by atoms with E-state index in [9.17, 15) is 0 Å². The molecule has 0 saturated carbocycles. The number of nitrogens with zero attached hydrogens (tertiary/aromatic N) is 1. The fraction of sp³-hybridized carbons (Fsp3) is 0.455. The van der Waals surface area contributed by atoms with E-state index in [0.29, 0.717) is 5.11 Å². The van der Waals surface area contributed by atoms with Gasteiger partial charge >= 0.3 is 0 Å². The second-order valence-electron chi connectivity index (χ2n) is 3.94. The van der Waals surface area contributed by atoms with E-state index < -0.39 is 0 Å². The SMILES string of the molecule is CC1=C(C)C(C)=C(C)C2NC(=S)N=C12. The van der Waals surface area contributed by atoms with E-state index in [1.807, 2.05) is 0 Å². The fourth-order valence-corrected chi connectivity index (χ4v) is 2.21. The number of nitrogens with one attached hydrogen (secondary N) is 1. The zero-order valence-electron chi connectivity index (χ0n) is 8.93. The highest BCUT2D eigenvalue weighted by molar-refractivity contribution is 7.80. The fourth-order valence-electron chi connectivity index (χ4n) is 2.00. The summed E-state index contributed by atoms with van der Waals surface area (Å²) >= 11 is 5.07. The Balaban J connectivity index is 2.60. The minimum atomic E-state index is 0.228. The Morgan fingerprint density at radius 3 is 2.36 bits per heavy atom. The number of aliphatic imine (C=N–C) groups is 1. The Morgan fingerprint density at radius 1 is 1.07 bits per heavy atom. The standard InChI is InChI=1S/C11H14N2S/c1-5-6(2)8(4)10-9(7(5)3)12-11(14)13-10/h9H,1-4H3,(H,12,14). The van der Waals surface area contributed by atoms with Gasteiger partial charge in [0.1, 0.15) is 0 Å². The molecule has 0 fully saturated rings. The molecule has 0 aromatic rings. The molecule has 3 heteroatoms. The van der Waals surface area contributed by atoms with Gasteiger partial charge in [0.05, 0.1) is 11.8 Å². The van der Waals surface area contributed by atoms with Crippen LogP contribution in [0.4, 0.5) is 0 Å². The Labute approximate surface area is 89.8 Å². The Bertz CT molecular complexity index is 413. The number of hydrogen-bond acceptors (Lipinski definition) is 1. The maximum Gasteiger partial charge on any atom is 0.193 e. The zero-order valence-corrected chi connectivity index (χ0v) is 9.75. The summed E-state index contributed by atoms with van der Waals surface area (Å²) in [5.41, 5.74) is 6.42. The van der Waals surface area contributed by atoms with Crippen LogP contribution in [0.5, 0.6) is 0 Å². The molecule has 2 rings (SSSR count).